The minimum absolute atomic E-state index is 0.107. The van der Waals surface area contributed by atoms with Crippen LogP contribution in [0, 0.1) is 0 Å². The molecule has 0 bridgehead atoms. The van der Waals surface area contributed by atoms with Crippen LogP contribution < -0.4 is 5.32 Å². The smallest absolute Gasteiger partial charge is 0.234 e. The number of likely N-dealkylation sites (tertiary alicyclic amines) is 1. The molecule has 2 aliphatic rings. The lowest BCUT2D eigenvalue weighted by Gasteiger charge is -2.38. The summed E-state index contributed by atoms with van der Waals surface area (Å²) in [5.41, 5.74) is 0. The molecule has 1 atom stereocenters. The lowest BCUT2D eigenvalue weighted by Crippen LogP contribution is -2.52. The van der Waals surface area contributed by atoms with Crippen molar-refractivity contribution in [3.05, 3.63) is 0 Å². The molecule has 1 N–H and O–H groups in total. The van der Waals surface area contributed by atoms with Crippen LogP contribution in [0.15, 0.2) is 0 Å². The number of hydrogen-bond donors (Lipinski definition) is 1. The summed E-state index contributed by atoms with van der Waals surface area (Å²) in [6.07, 6.45) is 4.09. The van der Waals surface area contributed by atoms with E-state index in [1.54, 1.807) is 0 Å². The van der Waals surface area contributed by atoms with Crippen LogP contribution in [0.1, 0.15) is 39.5 Å². The highest BCUT2D eigenvalue weighted by Crippen LogP contribution is 2.29. The fourth-order valence-corrected chi connectivity index (χ4v) is 2.97. The van der Waals surface area contributed by atoms with Crippen LogP contribution in [0.3, 0.4) is 0 Å². The van der Waals surface area contributed by atoms with Crippen LogP contribution in [0.25, 0.3) is 0 Å². The average Bonchev–Trinajstić information content (AvgIpc) is 2.77. The summed E-state index contributed by atoms with van der Waals surface area (Å²) in [5, 5.41) is 3.04. The molecule has 0 aromatic carbocycles. The number of carbonyl (C=O) groups excluding carboxylic acids is 1. The number of nitrogens with zero attached hydrogens (tertiary/aromatic N) is 1. The summed E-state index contributed by atoms with van der Waals surface area (Å²) in [5.74, 6) is -0.330. The number of amides is 1. The van der Waals surface area contributed by atoms with E-state index in [1.165, 1.54) is 0 Å². The van der Waals surface area contributed by atoms with E-state index < -0.39 is 5.79 Å². The van der Waals surface area contributed by atoms with E-state index >= 15 is 0 Å². The van der Waals surface area contributed by atoms with Crippen molar-refractivity contribution in [2.75, 3.05) is 32.8 Å². The van der Waals surface area contributed by atoms with Crippen LogP contribution in [0.4, 0.5) is 0 Å². The number of nitrogens with one attached hydrogen (secondary N) is 1. The Morgan fingerprint density at radius 2 is 2.16 bits per heavy atom. The third kappa shape index (κ3) is 4.16. The second-order valence-electron chi connectivity index (χ2n) is 5.68. The van der Waals surface area contributed by atoms with E-state index in [0.29, 0.717) is 26.3 Å². The van der Waals surface area contributed by atoms with Gasteiger partial charge in [0.2, 0.25) is 5.91 Å². The van der Waals surface area contributed by atoms with Gasteiger partial charge in [0.25, 0.3) is 0 Å². The standard InChI is InChI=1S/C14H26N2O3/c1-3-5-12(2)15-13(17)10-16-7-4-6-14(11-16)18-8-9-19-14/h12H,3-11H2,1-2H3,(H,15,17). The quantitative estimate of drug-likeness (QED) is 0.813. The highest BCUT2D eigenvalue weighted by Gasteiger charge is 2.40. The molecule has 0 aliphatic carbocycles. The van der Waals surface area contributed by atoms with Crippen molar-refractivity contribution in [3.8, 4) is 0 Å². The Balaban J connectivity index is 1.77. The van der Waals surface area contributed by atoms with Gasteiger partial charge in [-0.3, -0.25) is 9.69 Å². The largest absolute Gasteiger partial charge is 0.353 e. The van der Waals surface area contributed by atoms with Crippen LogP contribution in [0.2, 0.25) is 0 Å². The number of ether oxygens (including phenoxy) is 2. The zero-order chi connectivity index (χ0) is 13.7. The van der Waals surface area contributed by atoms with Crippen molar-refractivity contribution < 1.29 is 14.3 Å². The van der Waals surface area contributed by atoms with Crippen LogP contribution in [-0.2, 0) is 14.3 Å². The highest BCUT2D eigenvalue weighted by molar-refractivity contribution is 5.78. The molecule has 0 radical (unpaired) electrons. The van der Waals surface area contributed by atoms with E-state index in [2.05, 4.69) is 24.1 Å². The Labute approximate surface area is 115 Å². The first kappa shape index (κ1) is 14.8. The summed E-state index contributed by atoms with van der Waals surface area (Å²) in [4.78, 5) is 14.1. The van der Waals surface area contributed by atoms with E-state index in [-0.39, 0.29) is 11.9 Å². The Morgan fingerprint density at radius 1 is 1.42 bits per heavy atom. The van der Waals surface area contributed by atoms with E-state index in [9.17, 15) is 4.79 Å². The SMILES string of the molecule is CCCC(C)NC(=O)CN1CCCC2(C1)OCCO2. The molecule has 1 unspecified atom stereocenters. The first-order valence-corrected chi connectivity index (χ1v) is 7.43. The molecule has 0 aromatic rings. The first-order chi connectivity index (χ1) is 9.13. The van der Waals surface area contributed by atoms with Gasteiger partial charge in [0.05, 0.1) is 26.3 Å². The summed E-state index contributed by atoms with van der Waals surface area (Å²) in [6, 6.07) is 0.259. The first-order valence-electron chi connectivity index (χ1n) is 7.43. The maximum Gasteiger partial charge on any atom is 0.234 e. The minimum atomic E-state index is -0.437. The molecule has 110 valence electrons. The van der Waals surface area contributed by atoms with Crippen molar-refractivity contribution >= 4 is 5.91 Å². The van der Waals surface area contributed by atoms with Crippen molar-refractivity contribution in [3.63, 3.8) is 0 Å². The van der Waals surface area contributed by atoms with Gasteiger partial charge >= 0.3 is 0 Å². The molecule has 1 amide bonds. The van der Waals surface area contributed by atoms with Gasteiger partial charge in [0, 0.05) is 12.5 Å². The molecule has 2 saturated heterocycles. The van der Waals surface area contributed by atoms with Gasteiger partial charge in [-0.05, 0) is 26.3 Å². The molecule has 5 nitrogen and oxygen atoms in total. The Bertz CT molecular complexity index is 303. The summed E-state index contributed by atoms with van der Waals surface area (Å²) < 4.78 is 11.4. The van der Waals surface area contributed by atoms with Crippen LogP contribution in [0.5, 0.6) is 0 Å². The molecule has 19 heavy (non-hydrogen) atoms. The number of carbonyl (C=O) groups is 1. The third-order valence-electron chi connectivity index (χ3n) is 3.81. The summed E-state index contributed by atoms with van der Waals surface area (Å²) >= 11 is 0. The van der Waals surface area contributed by atoms with E-state index in [4.69, 9.17) is 9.47 Å². The van der Waals surface area contributed by atoms with Gasteiger partial charge in [0.1, 0.15) is 0 Å². The maximum atomic E-state index is 12.0. The lowest BCUT2D eigenvalue weighted by atomic mass is 10.0. The molecule has 1 spiro atoms. The van der Waals surface area contributed by atoms with Crippen LogP contribution in [-0.4, -0.2) is 55.5 Å². The molecule has 0 saturated carbocycles. The molecule has 2 fully saturated rings. The maximum absolute atomic E-state index is 12.0. The Kier molecular flexibility index (Phi) is 5.19. The highest BCUT2D eigenvalue weighted by atomic mass is 16.7. The fraction of sp³-hybridized carbons (Fsp3) is 0.929. The minimum Gasteiger partial charge on any atom is -0.353 e. The zero-order valence-electron chi connectivity index (χ0n) is 12.1. The number of rotatable bonds is 5. The predicted octanol–water partition coefficient (Wildman–Crippen LogP) is 1.13. The topological polar surface area (TPSA) is 50.8 Å². The Hall–Kier alpha value is -0.650. The molecule has 2 rings (SSSR count). The van der Waals surface area contributed by atoms with E-state index in [1.807, 2.05) is 0 Å². The van der Waals surface area contributed by atoms with E-state index in [0.717, 1.165) is 32.2 Å². The molecule has 2 heterocycles. The Morgan fingerprint density at radius 3 is 2.84 bits per heavy atom. The number of hydrogen-bond acceptors (Lipinski definition) is 4. The molecular weight excluding hydrogens is 244 g/mol. The van der Waals surface area contributed by atoms with Crippen molar-refractivity contribution in [2.45, 2.75) is 51.4 Å². The van der Waals surface area contributed by atoms with Crippen molar-refractivity contribution in [2.24, 2.45) is 0 Å². The van der Waals surface area contributed by atoms with Gasteiger partial charge in [-0.25, -0.2) is 0 Å². The van der Waals surface area contributed by atoms with Crippen LogP contribution >= 0.6 is 0 Å². The lowest BCUT2D eigenvalue weighted by molar-refractivity contribution is -0.189. The zero-order valence-corrected chi connectivity index (χ0v) is 12.1. The monoisotopic (exact) mass is 270 g/mol. The van der Waals surface area contributed by atoms with Gasteiger partial charge in [0.15, 0.2) is 5.79 Å². The average molecular weight is 270 g/mol. The van der Waals surface area contributed by atoms with Gasteiger partial charge in [-0.2, -0.15) is 0 Å². The second kappa shape index (κ2) is 6.68. The number of piperidine rings is 1. The normalized spacial score (nSPS) is 24.5. The predicted molar refractivity (Wildman–Crippen MR) is 72.8 cm³/mol. The third-order valence-corrected chi connectivity index (χ3v) is 3.81. The summed E-state index contributed by atoms with van der Waals surface area (Å²) in [6.45, 7) is 7.64. The van der Waals surface area contributed by atoms with Gasteiger partial charge in [-0.1, -0.05) is 13.3 Å². The fourth-order valence-electron chi connectivity index (χ4n) is 2.97. The molecule has 0 aromatic heterocycles. The van der Waals surface area contributed by atoms with Crippen molar-refractivity contribution in [1.29, 1.82) is 0 Å². The molecule has 2 aliphatic heterocycles. The van der Waals surface area contributed by atoms with Crippen molar-refractivity contribution in [1.82, 2.24) is 10.2 Å². The molecule has 5 heteroatoms. The summed E-state index contributed by atoms with van der Waals surface area (Å²) in [7, 11) is 0. The van der Waals surface area contributed by atoms with Gasteiger partial charge in [-0.15, -0.1) is 0 Å². The second-order valence-corrected chi connectivity index (χ2v) is 5.68. The molecular formula is C14H26N2O3. The van der Waals surface area contributed by atoms with Gasteiger partial charge < -0.3 is 14.8 Å².